The van der Waals surface area contributed by atoms with Gasteiger partial charge in [-0.3, -0.25) is 14.4 Å². The van der Waals surface area contributed by atoms with E-state index in [9.17, 15) is 28.3 Å². The molecule has 1 spiro atoms. The Balaban J connectivity index is 1.07. The quantitative estimate of drug-likeness (QED) is 0.332. The van der Waals surface area contributed by atoms with E-state index in [1.165, 1.54) is 4.90 Å². The molecule has 3 N–H and O–H groups in total. The summed E-state index contributed by atoms with van der Waals surface area (Å²) in [6, 6.07) is 9.85. The molecular formula is C33H39F2N5O5. The summed E-state index contributed by atoms with van der Waals surface area (Å²) < 4.78 is 32.2. The SMILES string of the molecule is COCCN1CCC2(CC1)CCN(C(=O)c1cc3cc(N4CCC(O)(C(=O)NCc5cc(F)cc(F)c5)C4=O)ccc3[nH]1)CC2. The third-order valence-corrected chi connectivity index (χ3v) is 9.83. The highest BCUT2D eigenvalue weighted by Gasteiger charge is 2.51. The summed E-state index contributed by atoms with van der Waals surface area (Å²) in [6.45, 7) is 5.13. The van der Waals surface area contributed by atoms with Crippen LogP contribution in [-0.4, -0.2) is 96.2 Å². The Morgan fingerprint density at radius 3 is 2.33 bits per heavy atom. The van der Waals surface area contributed by atoms with Crippen LogP contribution in [0.1, 0.15) is 48.2 Å². The molecule has 3 amide bonds. The zero-order valence-corrected chi connectivity index (χ0v) is 25.4. The van der Waals surface area contributed by atoms with Crippen LogP contribution < -0.4 is 10.2 Å². The molecule has 0 aliphatic carbocycles. The molecule has 4 heterocycles. The molecule has 0 saturated carbocycles. The minimum Gasteiger partial charge on any atom is -0.383 e. The van der Waals surface area contributed by atoms with Crippen LogP contribution in [-0.2, 0) is 20.9 Å². The van der Waals surface area contributed by atoms with Gasteiger partial charge in [-0.2, -0.15) is 0 Å². The number of nitrogens with one attached hydrogen (secondary N) is 2. The minimum atomic E-state index is -2.31. The fourth-order valence-electron chi connectivity index (χ4n) is 6.93. The van der Waals surface area contributed by atoms with Crippen molar-refractivity contribution in [3.05, 3.63) is 65.4 Å². The van der Waals surface area contributed by atoms with Gasteiger partial charge in [0.05, 0.1) is 6.61 Å². The standard InChI is InChI=1S/C33H39F2N5O5/c1-45-15-14-38-9-4-32(5-10-38)6-11-39(12-7-32)29(41)28-19-23-18-26(2-3-27(23)37-28)40-13-8-33(44,31(40)43)30(42)36-21-22-16-24(34)20-25(35)17-22/h2-3,16-20,37,44H,4-15,21H2,1H3,(H,36,42). The number of anilines is 1. The van der Waals surface area contributed by atoms with E-state index >= 15 is 0 Å². The molecule has 0 bridgehead atoms. The van der Waals surface area contributed by atoms with Crippen molar-refractivity contribution in [3.63, 3.8) is 0 Å². The van der Waals surface area contributed by atoms with Gasteiger partial charge in [0.2, 0.25) is 5.60 Å². The largest absolute Gasteiger partial charge is 0.383 e. The molecule has 0 radical (unpaired) electrons. The van der Waals surface area contributed by atoms with Gasteiger partial charge in [0.15, 0.2) is 0 Å². The molecule has 1 aromatic heterocycles. The van der Waals surface area contributed by atoms with Crippen molar-refractivity contribution in [2.75, 3.05) is 57.9 Å². The van der Waals surface area contributed by atoms with Gasteiger partial charge in [0.1, 0.15) is 17.3 Å². The zero-order valence-electron chi connectivity index (χ0n) is 25.4. The van der Waals surface area contributed by atoms with E-state index < -0.39 is 29.0 Å². The highest BCUT2D eigenvalue weighted by molar-refractivity contribution is 6.16. The summed E-state index contributed by atoms with van der Waals surface area (Å²) in [5.74, 6) is -3.36. The smallest absolute Gasteiger partial charge is 0.270 e. The minimum absolute atomic E-state index is 0.0541. The summed E-state index contributed by atoms with van der Waals surface area (Å²) in [5, 5.41) is 14.2. The van der Waals surface area contributed by atoms with Gasteiger partial charge < -0.3 is 34.8 Å². The third-order valence-electron chi connectivity index (χ3n) is 9.83. The number of H-pyrrole nitrogens is 1. The number of fused-ring (bicyclic) bond motifs is 1. The summed E-state index contributed by atoms with van der Waals surface area (Å²) in [5.41, 5.74) is -0.150. The Bertz CT molecular complexity index is 1570. The number of piperidine rings is 2. The number of aliphatic hydroxyl groups is 1. The summed E-state index contributed by atoms with van der Waals surface area (Å²) in [7, 11) is 1.73. The van der Waals surface area contributed by atoms with E-state index in [0.717, 1.165) is 81.0 Å². The maximum atomic E-state index is 13.5. The van der Waals surface area contributed by atoms with Crippen LogP contribution >= 0.6 is 0 Å². The summed E-state index contributed by atoms with van der Waals surface area (Å²) in [4.78, 5) is 48.5. The van der Waals surface area contributed by atoms with Gasteiger partial charge in [-0.1, -0.05) is 0 Å². The van der Waals surface area contributed by atoms with Crippen LogP contribution in [0.2, 0.25) is 0 Å². The topological polar surface area (TPSA) is 118 Å². The molecule has 3 fully saturated rings. The van der Waals surface area contributed by atoms with Crippen LogP contribution in [0, 0.1) is 17.0 Å². The van der Waals surface area contributed by atoms with E-state index in [4.69, 9.17) is 4.74 Å². The first kappa shape index (κ1) is 31.1. The van der Waals surface area contributed by atoms with Gasteiger partial charge in [0.25, 0.3) is 17.7 Å². The first-order valence-electron chi connectivity index (χ1n) is 15.5. The normalized spacial score (nSPS) is 22.0. The van der Waals surface area contributed by atoms with Crippen molar-refractivity contribution in [3.8, 4) is 0 Å². The van der Waals surface area contributed by atoms with Crippen molar-refractivity contribution in [2.45, 2.75) is 44.2 Å². The van der Waals surface area contributed by atoms with Gasteiger partial charge in [-0.05, 0) is 86.1 Å². The lowest BCUT2D eigenvalue weighted by Gasteiger charge is -2.46. The fraction of sp³-hybridized carbons (Fsp3) is 0.485. The highest BCUT2D eigenvalue weighted by Crippen LogP contribution is 2.41. The zero-order chi connectivity index (χ0) is 31.8. The number of aromatic nitrogens is 1. The van der Waals surface area contributed by atoms with Crippen molar-refractivity contribution < 1.29 is 33.0 Å². The number of ether oxygens (including phenoxy) is 1. The van der Waals surface area contributed by atoms with Crippen LogP contribution in [0.25, 0.3) is 10.9 Å². The predicted molar refractivity (Wildman–Crippen MR) is 164 cm³/mol. The number of aromatic amines is 1. The monoisotopic (exact) mass is 623 g/mol. The third kappa shape index (κ3) is 6.31. The van der Waals surface area contributed by atoms with Gasteiger partial charge in [-0.25, -0.2) is 8.78 Å². The number of carbonyl (C=O) groups is 3. The summed E-state index contributed by atoms with van der Waals surface area (Å²) in [6.07, 6.45) is 4.13. The maximum Gasteiger partial charge on any atom is 0.270 e. The molecule has 12 heteroatoms. The second-order valence-electron chi connectivity index (χ2n) is 12.6. The predicted octanol–water partition coefficient (Wildman–Crippen LogP) is 3.19. The molecule has 2 aromatic carbocycles. The Hall–Kier alpha value is -3.87. The highest BCUT2D eigenvalue weighted by atomic mass is 19.1. The number of carbonyl (C=O) groups excluding carboxylic acids is 3. The molecular weight excluding hydrogens is 584 g/mol. The van der Waals surface area contributed by atoms with Gasteiger partial charge in [0, 0.05) is 68.9 Å². The fourth-order valence-corrected chi connectivity index (χ4v) is 6.93. The molecule has 6 rings (SSSR count). The number of nitrogens with zero attached hydrogens (tertiary/aromatic N) is 3. The number of methoxy groups -OCH3 is 1. The van der Waals surface area contributed by atoms with E-state index in [-0.39, 0.29) is 31.0 Å². The Labute approximate surface area is 260 Å². The number of halogens is 2. The lowest BCUT2D eigenvalue weighted by atomic mass is 9.71. The molecule has 240 valence electrons. The van der Waals surface area contributed by atoms with E-state index in [2.05, 4.69) is 15.2 Å². The van der Waals surface area contributed by atoms with E-state index in [1.54, 1.807) is 31.4 Å². The number of rotatable bonds is 8. The van der Waals surface area contributed by atoms with Gasteiger partial charge >= 0.3 is 0 Å². The lowest BCUT2D eigenvalue weighted by Crippen LogP contribution is -2.52. The Morgan fingerprint density at radius 1 is 0.956 bits per heavy atom. The Kier molecular flexibility index (Phi) is 8.64. The van der Waals surface area contributed by atoms with Crippen LogP contribution in [0.3, 0.4) is 0 Å². The van der Waals surface area contributed by atoms with Crippen molar-refractivity contribution >= 4 is 34.3 Å². The molecule has 3 saturated heterocycles. The average molecular weight is 624 g/mol. The molecule has 1 atom stereocenters. The molecule has 1 unspecified atom stereocenters. The second kappa shape index (κ2) is 12.5. The van der Waals surface area contributed by atoms with Crippen molar-refractivity contribution in [1.29, 1.82) is 0 Å². The molecule has 10 nitrogen and oxygen atoms in total. The van der Waals surface area contributed by atoms with Crippen LogP contribution in [0.15, 0.2) is 42.5 Å². The number of benzene rings is 2. The molecule has 3 aliphatic heterocycles. The van der Waals surface area contributed by atoms with E-state index in [0.29, 0.717) is 29.9 Å². The first-order valence-corrected chi connectivity index (χ1v) is 15.5. The molecule has 3 aromatic rings. The van der Waals surface area contributed by atoms with Crippen molar-refractivity contribution in [2.24, 2.45) is 5.41 Å². The molecule has 3 aliphatic rings. The van der Waals surface area contributed by atoms with Crippen LogP contribution in [0.4, 0.5) is 14.5 Å². The molecule has 45 heavy (non-hydrogen) atoms. The lowest BCUT2D eigenvalue weighted by molar-refractivity contribution is -0.149. The number of amides is 3. The Morgan fingerprint density at radius 2 is 1.64 bits per heavy atom. The first-order chi connectivity index (χ1) is 21.6. The van der Waals surface area contributed by atoms with Gasteiger partial charge in [-0.15, -0.1) is 0 Å². The number of hydrogen-bond donors (Lipinski definition) is 3. The van der Waals surface area contributed by atoms with E-state index in [1.807, 2.05) is 4.90 Å². The summed E-state index contributed by atoms with van der Waals surface area (Å²) >= 11 is 0. The van der Waals surface area contributed by atoms with Crippen LogP contribution in [0.5, 0.6) is 0 Å². The maximum absolute atomic E-state index is 13.5. The second-order valence-corrected chi connectivity index (χ2v) is 12.6. The average Bonchev–Trinajstić information content (AvgIpc) is 3.60. The number of hydrogen-bond acceptors (Lipinski definition) is 6. The van der Waals surface area contributed by atoms with Crippen molar-refractivity contribution in [1.82, 2.24) is 20.1 Å². The number of likely N-dealkylation sites (tertiary alicyclic amines) is 2.